The summed E-state index contributed by atoms with van der Waals surface area (Å²) < 4.78 is 0.391. The lowest BCUT2D eigenvalue weighted by atomic mass is 10.1. The highest BCUT2D eigenvalue weighted by Gasteiger charge is 2.36. The van der Waals surface area contributed by atoms with Gasteiger partial charge in [-0.25, -0.2) is 0 Å². The van der Waals surface area contributed by atoms with Crippen LogP contribution >= 0.6 is 22.6 Å². The van der Waals surface area contributed by atoms with Crippen LogP contribution in [0.15, 0.2) is 0 Å². The van der Waals surface area contributed by atoms with Gasteiger partial charge in [0.05, 0.1) is 4.05 Å². The second-order valence-corrected chi connectivity index (χ2v) is 6.27. The molecule has 0 N–H and O–H groups in total. The largest absolute Gasteiger partial charge is 0.326 e. The third-order valence-electron chi connectivity index (χ3n) is 2.76. The molecule has 0 aromatic rings. The Morgan fingerprint density at radius 1 is 1.47 bits per heavy atom. The fourth-order valence-electron chi connectivity index (χ4n) is 2.05. The number of likely N-dealkylation sites (N-methyl/N-ethyl adjacent to an activating group) is 1. The molecule has 3 nitrogen and oxygen atoms in total. The quantitative estimate of drug-likeness (QED) is 0.450. The van der Waals surface area contributed by atoms with Gasteiger partial charge in [-0.2, -0.15) is 0 Å². The van der Waals surface area contributed by atoms with E-state index in [1.54, 1.807) is 0 Å². The maximum atomic E-state index is 12.1. The first-order chi connectivity index (χ1) is 6.93. The molecule has 0 radical (unpaired) electrons. The maximum Gasteiger partial charge on any atom is 0.226 e. The second kappa shape index (κ2) is 5.48. The number of hydrogen-bond donors (Lipinski definition) is 0. The Hall–Kier alpha value is 0.160. The average Bonchev–Trinajstić information content (AvgIpc) is 2.45. The zero-order valence-corrected chi connectivity index (χ0v) is 12.2. The van der Waals surface area contributed by atoms with Crippen molar-refractivity contribution in [3.8, 4) is 0 Å². The standard InChI is InChI=1S/C11H21IN2O/c1-8(2)11(15)14-9(7-13(3)4)5-6-10(14)12/h8-10H,5-7H2,1-4H3. The number of carbonyl (C=O) groups excluding carboxylic acids is 1. The fraction of sp³-hybridized carbons (Fsp3) is 0.909. The minimum Gasteiger partial charge on any atom is -0.326 e. The molecule has 88 valence electrons. The summed E-state index contributed by atoms with van der Waals surface area (Å²) in [5, 5.41) is 0. The molecule has 1 fully saturated rings. The van der Waals surface area contributed by atoms with E-state index in [0.717, 1.165) is 19.4 Å². The van der Waals surface area contributed by atoms with E-state index in [0.29, 0.717) is 16.0 Å². The van der Waals surface area contributed by atoms with E-state index in [9.17, 15) is 4.79 Å². The third kappa shape index (κ3) is 3.31. The molecular weight excluding hydrogens is 303 g/mol. The molecule has 2 unspecified atom stereocenters. The molecule has 1 saturated heterocycles. The smallest absolute Gasteiger partial charge is 0.226 e. The number of rotatable bonds is 3. The summed E-state index contributed by atoms with van der Waals surface area (Å²) in [5.41, 5.74) is 0. The number of amides is 1. The van der Waals surface area contributed by atoms with Gasteiger partial charge in [-0.15, -0.1) is 0 Å². The molecule has 0 spiro atoms. The molecule has 2 atom stereocenters. The number of halogens is 1. The molecule has 1 aliphatic rings. The van der Waals surface area contributed by atoms with Crippen molar-refractivity contribution in [2.24, 2.45) is 5.92 Å². The van der Waals surface area contributed by atoms with Gasteiger partial charge in [0.25, 0.3) is 0 Å². The zero-order valence-electron chi connectivity index (χ0n) is 10.0. The maximum absolute atomic E-state index is 12.1. The molecule has 0 bridgehead atoms. The van der Waals surface area contributed by atoms with E-state index in [2.05, 4.69) is 46.5 Å². The molecule has 0 aliphatic carbocycles. The summed E-state index contributed by atoms with van der Waals surface area (Å²) in [5.74, 6) is 0.420. The molecule has 1 heterocycles. The number of hydrogen-bond acceptors (Lipinski definition) is 2. The molecule has 0 aromatic heterocycles. The van der Waals surface area contributed by atoms with Crippen LogP contribution in [0.4, 0.5) is 0 Å². The van der Waals surface area contributed by atoms with Crippen molar-refractivity contribution in [1.29, 1.82) is 0 Å². The van der Waals surface area contributed by atoms with Gasteiger partial charge in [0, 0.05) is 18.5 Å². The first-order valence-electron chi connectivity index (χ1n) is 5.54. The summed E-state index contributed by atoms with van der Waals surface area (Å²) in [6.45, 7) is 4.95. The Labute approximate surface area is 106 Å². The van der Waals surface area contributed by atoms with Gasteiger partial charge in [-0.3, -0.25) is 4.79 Å². The highest BCUT2D eigenvalue weighted by atomic mass is 127. The van der Waals surface area contributed by atoms with Gasteiger partial charge in [-0.05, 0) is 26.9 Å². The molecule has 1 rings (SSSR count). The van der Waals surface area contributed by atoms with Crippen molar-refractivity contribution < 1.29 is 4.79 Å². The van der Waals surface area contributed by atoms with Crippen molar-refractivity contribution in [1.82, 2.24) is 9.80 Å². The highest BCUT2D eigenvalue weighted by Crippen LogP contribution is 2.30. The first kappa shape index (κ1) is 13.2. The Bertz CT molecular complexity index is 231. The van der Waals surface area contributed by atoms with Crippen LogP contribution in [0.25, 0.3) is 0 Å². The minimum atomic E-state index is 0.116. The van der Waals surface area contributed by atoms with Crippen LogP contribution in [0.2, 0.25) is 0 Å². The van der Waals surface area contributed by atoms with Crippen LogP contribution in [0.5, 0.6) is 0 Å². The number of carbonyl (C=O) groups is 1. The van der Waals surface area contributed by atoms with E-state index < -0.39 is 0 Å². The molecule has 0 saturated carbocycles. The lowest BCUT2D eigenvalue weighted by molar-refractivity contribution is -0.135. The summed E-state index contributed by atoms with van der Waals surface area (Å²) in [4.78, 5) is 16.3. The van der Waals surface area contributed by atoms with Gasteiger partial charge >= 0.3 is 0 Å². The van der Waals surface area contributed by atoms with E-state index >= 15 is 0 Å². The summed E-state index contributed by atoms with van der Waals surface area (Å²) >= 11 is 2.39. The molecule has 1 aliphatic heterocycles. The first-order valence-corrected chi connectivity index (χ1v) is 6.79. The van der Waals surface area contributed by atoms with E-state index in [1.165, 1.54) is 0 Å². The molecular formula is C11H21IN2O. The van der Waals surface area contributed by atoms with E-state index in [1.807, 2.05) is 13.8 Å². The highest BCUT2D eigenvalue weighted by molar-refractivity contribution is 14.1. The second-order valence-electron chi connectivity index (χ2n) is 4.83. The Balaban J connectivity index is 2.68. The van der Waals surface area contributed by atoms with Crippen molar-refractivity contribution in [3.63, 3.8) is 0 Å². The van der Waals surface area contributed by atoms with Crippen LogP contribution in [-0.4, -0.2) is 46.4 Å². The van der Waals surface area contributed by atoms with Crippen molar-refractivity contribution in [2.45, 2.75) is 36.8 Å². The molecule has 15 heavy (non-hydrogen) atoms. The van der Waals surface area contributed by atoms with Gasteiger partial charge in [0.15, 0.2) is 0 Å². The Kier molecular flexibility index (Phi) is 4.83. The van der Waals surface area contributed by atoms with Crippen molar-refractivity contribution >= 4 is 28.5 Å². The predicted octanol–water partition coefficient (Wildman–Crippen LogP) is 1.96. The van der Waals surface area contributed by atoms with Crippen molar-refractivity contribution in [2.75, 3.05) is 20.6 Å². The SMILES string of the molecule is CC(C)C(=O)N1C(I)CCC1CN(C)C. The summed E-state index contributed by atoms with van der Waals surface area (Å²) in [6.07, 6.45) is 2.28. The third-order valence-corrected chi connectivity index (χ3v) is 3.98. The predicted molar refractivity (Wildman–Crippen MR) is 71.1 cm³/mol. The monoisotopic (exact) mass is 324 g/mol. The average molecular weight is 324 g/mol. The lowest BCUT2D eigenvalue weighted by Crippen LogP contribution is -2.45. The summed E-state index contributed by atoms with van der Waals surface area (Å²) in [6, 6.07) is 0.414. The number of likely N-dealkylation sites (tertiary alicyclic amines) is 1. The van der Waals surface area contributed by atoms with Gasteiger partial charge < -0.3 is 9.80 Å². The number of nitrogens with zero attached hydrogens (tertiary/aromatic N) is 2. The van der Waals surface area contributed by atoms with Gasteiger partial charge in [0.1, 0.15) is 0 Å². The topological polar surface area (TPSA) is 23.6 Å². The van der Waals surface area contributed by atoms with Gasteiger partial charge in [-0.1, -0.05) is 36.4 Å². The summed E-state index contributed by atoms with van der Waals surface area (Å²) in [7, 11) is 4.14. The van der Waals surface area contributed by atoms with Crippen LogP contribution in [-0.2, 0) is 4.79 Å². The Morgan fingerprint density at radius 2 is 2.07 bits per heavy atom. The number of alkyl halides is 1. The Morgan fingerprint density at radius 3 is 2.53 bits per heavy atom. The fourth-order valence-corrected chi connectivity index (χ4v) is 3.14. The minimum absolute atomic E-state index is 0.116. The van der Waals surface area contributed by atoms with Crippen LogP contribution in [0, 0.1) is 5.92 Å². The van der Waals surface area contributed by atoms with E-state index in [4.69, 9.17) is 0 Å². The van der Waals surface area contributed by atoms with Crippen LogP contribution in [0.3, 0.4) is 0 Å². The van der Waals surface area contributed by atoms with Gasteiger partial charge in [0.2, 0.25) is 5.91 Å². The van der Waals surface area contributed by atoms with Crippen LogP contribution in [0.1, 0.15) is 26.7 Å². The molecule has 1 amide bonds. The molecule has 0 aromatic carbocycles. The van der Waals surface area contributed by atoms with E-state index in [-0.39, 0.29) is 5.92 Å². The van der Waals surface area contributed by atoms with Crippen LogP contribution < -0.4 is 0 Å². The molecule has 4 heteroatoms. The lowest BCUT2D eigenvalue weighted by Gasteiger charge is -2.31. The normalized spacial score (nSPS) is 26.7. The zero-order chi connectivity index (χ0) is 11.6. The van der Waals surface area contributed by atoms with Crippen molar-refractivity contribution in [3.05, 3.63) is 0 Å².